The summed E-state index contributed by atoms with van der Waals surface area (Å²) in [5, 5.41) is 0. The molecule has 0 bridgehead atoms. The molecule has 0 radical (unpaired) electrons. The molecule has 1 saturated heterocycles. The van der Waals surface area contributed by atoms with E-state index in [0.717, 1.165) is 30.2 Å². The quantitative estimate of drug-likeness (QED) is 0.597. The number of methoxy groups -OCH3 is 2. The van der Waals surface area contributed by atoms with Gasteiger partial charge < -0.3 is 19.3 Å². The van der Waals surface area contributed by atoms with Crippen LogP contribution in [-0.2, 0) is 0 Å². The Balaban J connectivity index is 1.50. The first-order chi connectivity index (χ1) is 15.7. The molecule has 2 heterocycles. The van der Waals surface area contributed by atoms with Gasteiger partial charge in [-0.3, -0.25) is 4.79 Å². The van der Waals surface area contributed by atoms with Crippen LogP contribution in [0.5, 0.6) is 11.5 Å². The van der Waals surface area contributed by atoms with Gasteiger partial charge in [0.05, 0.1) is 19.8 Å². The van der Waals surface area contributed by atoms with Crippen LogP contribution in [0.4, 0.5) is 5.82 Å². The highest BCUT2D eigenvalue weighted by Crippen LogP contribution is 2.21. The number of pyridine rings is 1. The zero-order chi connectivity index (χ0) is 22.3. The largest absolute Gasteiger partial charge is 0.497 e. The number of amides is 1. The zero-order valence-corrected chi connectivity index (χ0v) is 18.2. The van der Waals surface area contributed by atoms with Gasteiger partial charge in [-0.1, -0.05) is 24.0 Å². The summed E-state index contributed by atoms with van der Waals surface area (Å²) in [5.41, 5.74) is 2.11. The highest BCUT2D eigenvalue weighted by molar-refractivity contribution is 5.95. The van der Waals surface area contributed by atoms with Gasteiger partial charge in [0.15, 0.2) is 0 Å². The van der Waals surface area contributed by atoms with E-state index < -0.39 is 0 Å². The molecule has 32 heavy (non-hydrogen) atoms. The number of anilines is 1. The molecule has 1 aromatic heterocycles. The minimum absolute atomic E-state index is 0.00208. The Morgan fingerprint density at radius 1 is 0.906 bits per heavy atom. The maximum Gasteiger partial charge on any atom is 0.254 e. The molecule has 0 atom stereocenters. The van der Waals surface area contributed by atoms with Gasteiger partial charge in [0.2, 0.25) is 0 Å². The molecular weight excluding hydrogens is 402 g/mol. The van der Waals surface area contributed by atoms with Gasteiger partial charge in [-0.2, -0.15) is 0 Å². The minimum atomic E-state index is -0.00208. The van der Waals surface area contributed by atoms with Crippen LogP contribution in [0.2, 0.25) is 0 Å². The fourth-order valence-electron chi connectivity index (χ4n) is 3.64. The maximum absolute atomic E-state index is 13.1. The third-order valence-corrected chi connectivity index (χ3v) is 5.40. The summed E-state index contributed by atoms with van der Waals surface area (Å²) in [5.74, 6) is 8.60. The summed E-state index contributed by atoms with van der Waals surface area (Å²) < 4.78 is 10.7. The van der Waals surface area contributed by atoms with Crippen LogP contribution in [0.25, 0.3) is 0 Å². The first-order valence-electron chi connectivity index (χ1n) is 10.5. The van der Waals surface area contributed by atoms with Crippen molar-refractivity contribution in [2.45, 2.75) is 0 Å². The lowest BCUT2D eigenvalue weighted by Gasteiger charge is -2.35. The summed E-state index contributed by atoms with van der Waals surface area (Å²) in [6, 6.07) is 18.8. The first-order valence-corrected chi connectivity index (χ1v) is 10.5. The monoisotopic (exact) mass is 427 g/mol. The Kier molecular flexibility index (Phi) is 6.57. The molecule has 0 saturated carbocycles. The van der Waals surface area contributed by atoms with Crippen molar-refractivity contribution >= 4 is 11.7 Å². The smallest absolute Gasteiger partial charge is 0.254 e. The fourth-order valence-corrected chi connectivity index (χ4v) is 3.64. The van der Waals surface area contributed by atoms with Crippen LogP contribution >= 0.6 is 0 Å². The van der Waals surface area contributed by atoms with Crippen molar-refractivity contribution < 1.29 is 14.3 Å². The van der Waals surface area contributed by atoms with Gasteiger partial charge in [-0.25, -0.2) is 4.98 Å². The summed E-state index contributed by atoms with van der Waals surface area (Å²) in [6.07, 6.45) is 1.79. The van der Waals surface area contributed by atoms with E-state index in [1.54, 1.807) is 38.6 Å². The number of benzene rings is 2. The molecule has 0 spiro atoms. The van der Waals surface area contributed by atoms with E-state index in [-0.39, 0.29) is 5.91 Å². The highest BCUT2D eigenvalue weighted by Gasteiger charge is 2.23. The van der Waals surface area contributed by atoms with Crippen molar-refractivity contribution in [3.8, 4) is 23.3 Å². The van der Waals surface area contributed by atoms with E-state index >= 15 is 0 Å². The van der Waals surface area contributed by atoms with E-state index in [9.17, 15) is 4.79 Å². The third-order valence-electron chi connectivity index (χ3n) is 5.40. The number of rotatable bonds is 4. The Morgan fingerprint density at radius 3 is 2.47 bits per heavy atom. The normalized spacial score (nSPS) is 13.2. The molecule has 6 nitrogen and oxygen atoms in total. The van der Waals surface area contributed by atoms with Crippen LogP contribution in [0, 0.1) is 11.8 Å². The molecule has 1 amide bonds. The predicted molar refractivity (Wildman–Crippen MR) is 124 cm³/mol. The number of hydrogen-bond acceptors (Lipinski definition) is 5. The van der Waals surface area contributed by atoms with Gasteiger partial charge in [-0.05, 0) is 48.5 Å². The Labute approximate surface area is 188 Å². The average molecular weight is 428 g/mol. The van der Waals surface area contributed by atoms with Gasteiger partial charge >= 0.3 is 0 Å². The van der Waals surface area contributed by atoms with Crippen LogP contribution < -0.4 is 14.4 Å². The number of ether oxygens (including phenoxy) is 2. The lowest BCUT2D eigenvalue weighted by molar-refractivity contribution is 0.0746. The van der Waals surface area contributed by atoms with Gasteiger partial charge in [0.25, 0.3) is 5.91 Å². The molecule has 1 fully saturated rings. The molecule has 4 rings (SSSR count). The summed E-state index contributed by atoms with van der Waals surface area (Å²) >= 11 is 0. The second-order valence-electron chi connectivity index (χ2n) is 7.36. The third kappa shape index (κ3) is 4.84. The second kappa shape index (κ2) is 9.88. The molecule has 1 aliphatic rings. The Hall–Kier alpha value is -3.98. The molecule has 0 aliphatic carbocycles. The standard InChI is InChI=1S/C26H25N3O3/c1-31-23-7-5-6-20(18-23)9-10-21-19-22(11-12-24(21)32-2)26(30)29-16-14-28(15-17-29)25-8-3-4-13-27-25/h3-8,11-13,18-19H,14-17H2,1-2H3. The molecular formula is C26H25N3O3. The first kappa shape index (κ1) is 21.3. The van der Waals surface area contributed by atoms with Crippen LogP contribution in [0.15, 0.2) is 66.9 Å². The van der Waals surface area contributed by atoms with Crippen molar-refractivity contribution in [1.82, 2.24) is 9.88 Å². The Bertz CT molecular complexity index is 1140. The van der Waals surface area contributed by atoms with E-state index in [1.807, 2.05) is 47.4 Å². The highest BCUT2D eigenvalue weighted by atomic mass is 16.5. The second-order valence-corrected chi connectivity index (χ2v) is 7.36. The number of nitrogens with zero attached hydrogens (tertiary/aromatic N) is 3. The molecule has 3 aromatic rings. The summed E-state index contributed by atoms with van der Waals surface area (Å²) in [4.78, 5) is 21.6. The van der Waals surface area contributed by atoms with Crippen molar-refractivity contribution in [2.75, 3.05) is 45.3 Å². The summed E-state index contributed by atoms with van der Waals surface area (Å²) in [6.45, 7) is 2.79. The van der Waals surface area contributed by atoms with Crippen molar-refractivity contribution in [3.05, 3.63) is 83.6 Å². The van der Waals surface area contributed by atoms with Gasteiger partial charge in [0, 0.05) is 43.5 Å². The van der Waals surface area contributed by atoms with E-state index in [4.69, 9.17) is 9.47 Å². The average Bonchev–Trinajstić information content (AvgIpc) is 2.87. The number of hydrogen-bond donors (Lipinski definition) is 0. The van der Waals surface area contributed by atoms with Crippen molar-refractivity contribution in [1.29, 1.82) is 0 Å². The van der Waals surface area contributed by atoms with E-state index in [0.29, 0.717) is 30.0 Å². The zero-order valence-electron chi connectivity index (χ0n) is 18.2. The minimum Gasteiger partial charge on any atom is -0.497 e. The Morgan fingerprint density at radius 2 is 1.75 bits per heavy atom. The van der Waals surface area contributed by atoms with Crippen LogP contribution in [0.1, 0.15) is 21.5 Å². The molecule has 0 unspecified atom stereocenters. The lowest BCUT2D eigenvalue weighted by atomic mass is 10.1. The number of piperazine rings is 1. The molecule has 2 aromatic carbocycles. The van der Waals surface area contributed by atoms with Crippen LogP contribution in [0.3, 0.4) is 0 Å². The fraction of sp³-hybridized carbons (Fsp3) is 0.231. The maximum atomic E-state index is 13.1. The molecule has 0 N–H and O–H groups in total. The molecule has 1 aliphatic heterocycles. The number of carbonyl (C=O) groups is 1. The van der Waals surface area contributed by atoms with E-state index in [2.05, 4.69) is 21.7 Å². The van der Waals surface area contributed by atoms with Crippen molar-refractivity contribution in [2.24, 2.45) is 0 Å². The van der Waals surface area contributed by atoms with Gasteiger partial charge in [-0.15, -0.1) is 0 Å². The topological polar surface area (TPSA) is 54.9 Å². The summed E-state index contributed by atoms with van der Waals surface area (Å²) in [7, 11) is 3.23. The van der Waals surface area contributed by atoms with Crippen molar-refractivity contribution in [3.63, 3.8) is 0 Å². The molecule has 162 valence electrons. The van der Waals surface area contributed by atoms with E-state index in [1.165, 1.54) is 0 Å². The molecule has 6 heteroatoms. The number of aromatic nitrogens is 1. The lowest BCUT2D eigenvalue weighted by Crippen LogP contribution is -2.49. The SMILES string of the molecule is COc1cccc(C#Cc2cc(C(=O)N3CCN(c4ccccn4)CC3)ccc2OC)c1. The number of carbonyl (C=O) groups excluding carboxylic acids is 1. The predicted octanol–water partition coefficient (Wildman–Crippen LogP) is 3.46. The van der Waals surface area contributed by atoms with Crippen LogP contribution in [-0.4, -0.2) is 56.2 Å². The van der Waals surface area contributed by atoms with Gasteiger partial charge in [0.1, 0.15) is 17.3 Å².